The lowest BCUT2D eigenvalue weighted by Crippen LogP contribution is -2.30. The summed E-state index contributed by atoms with van der Waals surface area (Å²) in [5.74, 6) is 0.682. The lowest BCUT2D eigenvalue weighted by molar-refractivity contribution is 0.371. The molecule has 0 spiro atoms. The van der Waals surface area contributed by atoms with Crippen molar-refractivity contribution in [2.75, 3.05) is 24.5 Å². The summed E-state index contributed by atoms with van der Waals surface area (Å²) in [4.78, 5) is 5.04. The Hall–Kier alpha value is -1.44. The van der Waals surface area contributed by atoms with Crippen LogP contribution in [0.25, 0.3) is 0 Å². The molecule has 0 aliphatic carbocycles. The highest BCUT2D eigenvalue weighted by atomic mass is 15.2. The van der Waals surface area contributed by atoms with Gasteiger partial charge >= 0.3 is 0 Å². The van der Waals surface area contributed by atoms with Crippen LogP contribution in [0.15, 0.2) is 36.5 Å². The molecule has 1 unspecified atom stereocenters. The molecule has 0 aromatic heterocycles. The van der Waals surface area contributed by atoms with Crippen molar-refractivity contribution in [1.82, 2.24) is 4.90 Å². The molecule has 1 aromatic carbocycles. The normalized spacial score (nSPS) is 21.9. The highest BCUT2D eigenvalue weighted by Gasteiger charge is 2.30. The molecule has 0 N–H and O–H groups in total. The smallest absolute Gasteiger partial charge is 0.0404 e. The Morgan fingerprint density at radius 2 is 2.10 bits per heavy atom. The van der Waals surface area contributed by atoms with Gasteiger partial charge in [-0.05, 0) is 44.7 Å². The summed E-state index contributed by atoms with van der Waals surface area (Å²) in [5.41, 5.74) is 4.34. The fraction of sp³-hybridized carbons (Fsp3) is 0.556. The maximum absolute atomic E-state index is 4.18. The van der Waals surface area contributed by atoms with Gasteiger partial charge < -0.3 is 9.80 Å². The molecule has 0 saturated carbocycles. The molecule has 108 valence electrons. The first-order chi connectivity index (χ1) is 9.66. The van der Waals surface area contributed by atoms with Gasteiger partial charge in [0, 0.05) is 43.0 Å². The van der Waals surface area contributed by atoms with E-state index in [1.54, 1.807) is 5.56 Å². The first-order valence-corrected chi connectivity index (χ1v) is 7.95. The molecule has 2 aliphatic heterocycles. The van der Waals surface area contributed by atoms with Gasteiger partial charge in [-0.25, -0.2) is 0 Å². The van der Waals surface area contributed by atoms with Gasteiger partial charge in [0.15, 0.2) is 0 Å². The highest BCUT2D eigenvalue weighted by Crippen LogP contribution is 2.39. The van der Waals surface area contributed by atoms with E-state index >= 15 is 0 Å². The number of hydrogen-bond donors (Lipinski definition) is 0. The second kappa shape index (κ2) is 5.51. The molecule has 2 heteroatoms. The van der Waals surface area contributed by atoms with Gasteiger partial charge in [0.25, 0.3) is 0 Å². The highest BCUT2D eigenvalue weighted by molar-refractivity contribution is 5.60. The largest absolute Gasteiger partial charge is 0.375 e. The average Bonchev–Trinajstić information content (AvgIpc) is 3.00. The zero-order chi connectivity index (χ0) is 14.1. The fourth-order valence-corrected chi connectivity index (χ4v) is 3.64. The molecule has 20 heavy (non-hydrogen) atoms. The average molecular weight is 270 g/mol. The minimum absolute atomic E-state index is 0.586. The Bertz CT molecular complexity index is 492. The van der Waals surface area contributed by atoms with Gasteiger partial charge in [0.2, 0.25) is 0 Å². The van der Waals surface area contributed by atoms with Crippen molar-refractivity contribution in [2.45, 2.75) is 45.1 Å². The predicted octanol–water partition coefficient (Wildman–Crippen LogP) is 4.00. The van der Waals surface area contributed by atoms with E-state index in [1.165, 1.54) is 50.3 Å². The van der Waals surface area contributed by atoms with Crippen LogP contribution < -0.4 is 4.90 Å². The van der Waals surface area contributed by atoms with Crippen molar-refractivity contribution in [1.29, 1.82) is 0 Å². The first-order valence-electron chi connectivity index (χ1n) is 7.95. The number of rotatable bonds is 4. The summed E-state index contributed by atoms with van der Waals surface area (Å²) >= 11 is 0. The summed E-state index contributed by atoms with van der Waals surface area (Å²) in [7, 11) is 0. The Morgan fingerprint density at radius 3 is 2.80 bits per heavy atom. The summed E-state index contributed by atoms with van der Waals surface area (Å²) in [6.45, 7) is 12.3. The molecule has 1 atom stereocenters. The van der Waals surface area contributed by atoms with E-state index in [4.69, 9.17) is 0 Å². The van der Waals surface area contributed by atoms with E-state index in [-0.39, 0.29) is 0 Å². The van der Waals surface area contributed by atoms with Crippen molar-refractivity contribution in [3.63, 3.8) is 0 Å². The van der Waals surface area contributed by atoms with Crippen LogP contribution in [-0.4, -0.2) is 30.6 Å². The molecule has 1 aromatic rings. The number of hydrogen-bond acceptors (Lipinski definition) is 2. The van der Waals surface area contributed by atoms with E-state index < -0.39 is 0 Å². The molecule has 0 radical (unpaired) electrons. The van der Waals surface area contributed by atoms with Gasteiger partial charge in [-0.15, -0.1) is 0 Å². The van der Waals surface area contributed by atoms with Crippen molar-refractivity contribution >= 4 is 5.69 Å². The molecule has 3 rings (SSSR count). The number of likely N-dealkylation sites (tertiary alicyclic amines) is 1. The van der Waals surface area contributed by atoms with Gasteiger partial charge in [0.1, 0.15) is 0 Å². The Balaban J connectivity index is 1.70. The van der Waals surface area contributed by atoms with E-state index in [0.717, 1.165) is 0 Å². The third-order valence-corrected chi connectivity index (χ3v) is 4.81. The van der Waals surface area contributed by atoms with Crippen LogP contribution in [0.5, 0.6) is 0 Å². The third kappa shape index (κ3) is 2.44. The molecular weight excluding hydrogens is 244 g/mol. The third-order valence-electron chi connectivity index (χ3n) is 4.81. The van der Waals surface area contributed by atoms with Gasteiger partial charge in [-0.1, -0.05) is 24.8 Å². The minimum atomic E-state index is 0.586. The maximum atomic E-state index is 4.18. The SMILES string of the molecule is C=C1CCCN1CCC1CN(C(C)C)c2ccccc21. The van der Waals surface area contributed by atoms with Crippen LogP contribution in [-0.2, 0) is 0 Å². The number of fused-ring (bicyclic) bond motifs is 1. The molecule has 2 aliphatic rings. The van der Waals surface area contributed by atoms with Crippen LogP contribution >= 0.6 is 0 Å². The molecule has 2 nitrogen and oxygen atoms in total. The Morgan fingerprint density at radius 1 is 1.30 bits per heavy atom. The maximum Gasteiger partial charge on any atom is 0.0404 e. The number of benzene rings is 1. The summed E-state index contributed by atoms with van der Waals surface area (Å²) in [6.07, 6.45) is 3.73. The quantitative estimate of drug-likeness (QED) is 0.816. The van der Waals surface area contributed by atoms with Crippen LogP contribution in [0.3, 0.4) is 0 Å². The van der Waals surface area contributed by atoms with Gasteiger partial charge in [-0.3, -0.25) is 0 Å². The van der Waals surface area contributed by atoms with Crippen molar-refractivity contribution in [2.24, 2.45) is 0 Å². The second-order valence-corrected chi connectivity index (χ2v) is 6.45. The lowest BCUT2D eigenvalue weighted by atomic mass is 9.98. The van der Waals surface area contributed by atoms with Crippen LogP contribution in [0.1, 0.15) is 44.6 Å². The standard InChI is InChI=1S/C18H26N2/c1-14(2)20-13-16(17-8-4-5-9-18(17)20)10-12-19-11-6-7-15(19)3/h4-5,8-9,14,16H,3,6-7,10-13H2,1-2H3. The molecule has 1 saturated heterocycles. The van der Waals surface area contributed by atoms with Crippen molar-refractivity contribution < 1.29 is 0 Å². The minimum Gasteiger partial charge on any atom is -0.375 e. The van der Waals surface area contributed by atoms with Crippen LogP contribution in [0, 0.1) is 0 Å². The molecule has 2 heterocycles. The summed E-state index contributed by atoms with van der Waals surface area (Å²) in [6, 6.07) is 9.54. The number of para-hydroxylation sites is 1. The van der Waals surface area contributed by atoms with E-state index in [9.17, 15) is 0 Å². The number of nitrogens with zero attached hydrogens (tertiary/aromatic N) is 2. The summed E-state index contributed by atoms with van der Waals surface area (Å²) in [5, 5.41) is 0. The zero-order valence-electron chi connectivity index (χ0n) is 12.8. The topological polar surface area (TPSA) is 6.48 Å². The van der Waals surface area contributed by atoms with E-state index in [1.807, 2.05) is 0 Å². The number of anilines is 1. The molecule has 0 amide bonds. The predicted molar refractivity (Wildman–Crippen MR) is 86.2 cm³/mol. The monoisotopic (exact) mass is 270 g/mol. The van der Waals surface area contributed by atoms with Gasteiger partial charge in [-0.2, -0.15) is 0 Å². The van der Waals surface area contributed by atoms with Crippen molar-refractivity contribution in [3.8, 4) is 0 Å². The summed E-state index contributed by atoms with van der Waals surface area (Å²) < 4.78 is 0. The van der Waals surface area contributed by atoms with Crippen LogP contribution in [0.2, 0.25) is 0 Å². The molecule has 0 bridgehead atoms. The van der Waals surface area contributed by atoms with Crippen LogP contribution in [0.4, 0.5) is 5.69 Å². The van der Waals surface area contributed by atoms with Gasteiger partial charge in [0.05, 0.1) is 0 Å². The fourth-order valence-electron chi connectivity index (χ4n) is 3.64. The first kappa shape index (κ1) is 13.5. The van der Waals surface area contributed by atoms with E-state index in [0.29, 0.717) is 12.0 Å². The zero-order valence-corrected chi connectivity index (χ0v) is 12.8. The Labute approximate surface area is 123 Å². The molecular formula is C18H26N2. The second-order valence-electron chi connectivity index (χ2n) is 6.45. The molecule has 1 fully saturated rings. The number of allylic oxidation sites excluding steroid dienone is 1. The lowest BCUT2D eigenvalue weighted by Gasteiger charge is -2.25. The van der Waals surface area contributed by atoms with Crippen molar-refractivity contribution in [3.05, 3.63) is 42.1 Å². The Kier molecular flexibility index (Phi) is 3.73. The van der Waals surface area contributed by atoms with E-state index in [2.05, 4.69) is 54.5 Å².